The van der Waals surface area contributed by atoms with Crippen molar-refractivity contribution in [1.29, 1.82) is 0 Å². The van der Waals surface area contributed by atoms with Crippen molar-refractivity contribution in [2.45, 2.75) is 6.92 Å². The maximum absolute atomic E-state index is 11.4. The molecule has 8 nitrogen and oxygen atoms in total. The second-order valence-electron chi connectivity index (χ2n) is 3.66. The van der Waals surface area contributed by atoms with Crippen molar-refractivity contribution in [2.75, 3.05) is 38.8 Å². The van der Waals surface area contributed by atoms with Crippen LogP contribution in [-0.2, 0) is 19.1 Å². The molecule has 0 aliphatic carbocycles. The predicted octanol–water partition coefficient (Wildman–Crippen LogP) is 0.0277. The third-order valence-electron chi connectivity index (χ3n) is 2.34. The summed E-state index contributed by atoms with van der Waals surface area (Å²) >= 11 is 0. The summed E-state index contributed by atoms with van der Waals surface area (Å²) in [7, 11) is 2.54. The predicted molar refractivity (Wildman–Crippen MR) is 69.4 cm³/mol. The van der Waals surface area contributed by atoms with Crippen LogP contribution in [0.1, 0.15) is 6.92 Å². The Bertz CT molecular complexity index is 448. The molecule has 0 bridgehead atoms. The first-order valence-electron chi connectivity index (χ1n) is 5.94. The first-order valence-corrected chi connectivity index (χ1v) is 5.94. The van der Waals surface area contributed by atoms with Crippen LogP contribution < -0.4 is 9.64 Å². The molecule has 0 aliphatic heterocycles. The van der Waals surface area contributed by atoms with Gasteiger partial charge in [-0.15, -0.1) is 0 Å². The molecule has 0 amide bonds. The zero-order valence-electron chi connectivity index (χ0n) is 11.7. The maximum atomic E-state index is 11.4. The number of carbonyl (C=O) groups excluding carboxylic acids is 2. The molecule has 1 aromatic heterocycles. The highest BCUT2D eigenvalue weighted by molar-refractivity contribution is 5.80. The Balaban J connectivity index is 2.92. The average molecular weight is 283 g/mol. The number of nitrogens with zero attached hydrogens (tertiary/aromatic N) is 3. The molecule has 1 heterocycles. The van der Waals surface area contributed by atoms with Crippen molar-refractivity contribution < 1.29 is 23.8 Å². The van der Waals surface area contributed by atoms with Crippen LogP contribution >= 0.6 is 0 Å². The summed E-state index contributed by atoms with van der Waals surface area (Å²) in [6.45, 7) is 2.01. The van der Waals surface area contributed by atoms with E-state index in [1.807, 2.05) is 6.92 Å². The first-order chi connectivity index (χ1) is 9.60. The molecule has 110 valence electrons. The largest absolute Gasteiger partial charge is 0.478 e. The minimum atomic E-state index is -0.495. The zero-order valence-corrected chi connectivity index (χ0v) is 11.7. The van der Waals surface area contributed by atoms with Crippen molar-refractivity contribution in [2.24, 2.45) is 0 Å². The van der Waals surface area contributed by atoms with Gasteiger partial charge in [0.15, 0.2) is 0 Å². The minimum Gasteiger partial charge on any atom is -0.478 e. The molecule has 8 heteroatoms. The molecule has 0 aromatic carbocycles. The number of carbonyl (C=O) groups is 2. The maximum Gasteiger partial charge on any atom is 0.325 e. The quantitative estimate of drug-likeness (QED) is 0.647. The van der Waals surface area contributed by atoms with Gasteiger partial charge in [-0.25, -0.2) is 9.97 Å². The lowest BCUT2D eigenvalue weighted by Crippen LogP contribution is -2.36. The van der Waals surface area contributed by atoms with Crippen molar-refractivity contribution >= 4 is 17.8 Å². The second kappa shape index (κ2) is 7.93. The van der Waals surface area contributed by atoms with Crippen LogP contribution in [0.25, 0.3) is 0 Å². The van der Waals surface area contributed by atoms with Crippen LogP contribution in [0.15, 0.2) is 12.4 Å². The Kier molecular flexibility index (Phi) is 6.21. The van der Waals surface area contributed by atoms with Gasteiger partial charge in [0.25, 0.3) is 0 Å². The van der Waals surface area contributed by atoms with Gasteiger partial charge in [-0.1, -0.05) is 0 Å². The summed E-state index contributed by atoms with van der Waals surface area (Å²) in [5, 5.41) is 0. The monoisotopic (exact) mass is 283 g/mol. The van der Waals surface area contributed by atoms with E-state index in [9.17, 15) is 9.59 Å². The lowest BCUT2D eigenvalue weighted by atomic mass is 10.4. The molecule has 0 aliphatic rings. The third-order valence-corrected chi connectivity index (χ3v) is 2.34. The molecule has 0 unspecified atom stereocenters. The standard InChI is InChI=1S/C12H17N3O5/c1-4-20-10-5-9(13-8-14-10)15(6-11(16)18-2)7-12(17)19-3/h5,8H,4,6-7H2,1-3H3. The summed E-state index contributed by atoms with van der Waals surface area (Å²) < 4.78 is 14.4. The van der Waals surface area contributed by atoms with Gasteiger partial charge in [0.1, 0.15) is 25.2 Å². The lowest BCUT2D eigenvalue weighted by molar-refractivity contribution is -0.140. The lowest BCUT2D eigenvalue weighted by Gasteiger charge is -2.21. The van der Waals surface area contributed by atoms with E-state index in [0.717, 1.165) is 0 Å². The van der Waals surface area contributed by atoms with Crippen molar-refractivity contribution in [3.05, 3.63) is 12.4 Å². The summed E-state index contributed by atoms with van der Waals surface area (Å²) in [5.41, 5.74) is 0. The molecule has 20 heavy (non-hydrogen) atoms. The molecular formula is C12H17N3O5. The smallest absolute Gasteiger partial charge is 0.325 e. The molecule has 0 saturated carbocycles. The molecule has 1 aromatic rings. The summed E-state index contributed by atoms with van der Waals surface area (Å²) in [6.07, 6.45) is 1.29. The highest BCUT2D eigenvalue weighted by Gasteiger charge is 2.18. The number of hydrogen-bond donors (Lipinski definition) is 0. The van der Waals surface area contributed by atoms with Crippen molar-refractivity contribution in [1.82, 2.24) is 9.97 Å². The van der Waals surface area contributed by atoms with Gasteiger partial charge in [0.2, 0.25) is 5.88 Å². The van der Waals surface area contributed by atoms with Crippen LogP contribution in [0.2, 0.25) is 0 Å². The van der Waals surface area contributed by atoms with Crippen LogP contribution in [-0.4, -0.2) is 55.8 Å². The number of rotatable bonds is 7. The van der Waals surface area contributed by atoms with Crippen LogP contribution in [0.3, 0.4) is 0 Å². The molecule has 0 radical (unpaired) electrons. The molecular weight excluding hydrogens is 266 g/mol. The van der Waals surface area contributed by atoms with Crippen LogP contribution in [0.5, 0.6) is 5.88 Å². The molecule has 0 atom stereocenters. The SMILES string of the molecule is CCOc1cc(N(CC(=O)OC)CC(=O)OC)ncn1. The average Bonchev–Trinajstić information content (AvgIpc) is 2.46. The van der Waals surface area contributed by atoms with Crippen molar-refractivity contribution in [3.63, 3.8) is 0 Å². The minimum absolute atomic E-state index is 0.131. The van der Waals surface area contributed by atoms with Gasteiger partial charge in [0, 0.05) is 6.07 Å². The number of methoxy groups -OCH3 is 2. The van der Waals surface area contributed by atoms with E-state index in [2.05, 4.69) is 19.4 Å². The van der Waals surface area contributed by atoms with E-state index in [1.165, 1.54) is 31.5 Å². The topological polar surface area (TPSA) is 90.8 Å². The molecule has 0 fully saturated rings. The van der Waals surface area contributed by atoms with Gasteiger partial charge in [-0.2, -0.15) is 0 Å². The fourth-order valence-electron chi connectivity index (χ4n) is 1.39. The highest BCUT2D eigenvalue weighted by atomic mass is 16.5. The number of hydrogen-bond acceptors (Lipinski definition) is 8. The fraction of sp³-hybridized carbons (Fsp3) is 0.500. The number of aromatic nitrogens is 2. The van der Waals surface area contributed by atoms with Crippen molar-refractivity contribution in [3.8, 4) is 5.88 Å². The summed E-state index contributed by atoms with van der Waals surface area (Å²) in [5.74, 6) is -0.257. The van der Waals surface area contributed by atoms with E-state index in [0.29, 0.717) is 18.3 Å². The van der Waals surface area contributed by atoms with Gasteiger partial charge < -0.3 is 19.1 Å². The Morgan fingerprint density at radius 3 is 2.25 bits per heavy atom. The highest BCUT2D eigenvalue weighted by Crippen LogP contribution is 2.15. The Morgan fingerprint density at radius 2 is 1.75 bits per heavy atom. The molecule has 1 rings (SSSR count). The first kappa shape index (κ1) is 15.7. The van der Waals surface area contributed by atoms with E-state index < -0.39 is 11.9 Å². The van der Waals surface area contributed by atoms with E-state index in [4.69, 9.17) is 4.74 Å². The Hall–Kier alpha value is -2.38. The van der Waals surface area contributed by atoms with E-state index in [-0.39, 0.29) is 13.1 Å². The molecule has 0 spiro atoms. The van der Waals surface area contributed by atoms with Gasteiger partial charge in [0.05, 0.1) is 20.8 Å². The van der Waals surface area contributed by atoms with Gasteiger partial charge in [-0.05, 0) is 6.92 Å². The van der Waals surface area contributed by atoms with Gasteiger partial charge >= 0.3 is 11.9 Å². The number of ether oxygens (including phenoxy) is 3. The fourth-order valence-corrected chi connectivity index (χ4v) is 1.39. The third kappa shape index (κ3) is 4.71. The summed E-state index contributed by atoms with van der Waals surface area (Å²) in [6, 6.07) is 1.54. The zero-order chi connectivity index (χ0) is 15.0. The van der Waals surface area contributed by atoms with E-state index >= 15 is 0 Å². The summed E-state index contributed by atoms with van der Waals surface area (Å²) in [4.78, 5) is 32.1. The molecule has 0 saturated heterocycles. The Morgan fingerprint density at radius 1 is 1.15 bits per heavy atom. The van der Waals surface area contributed by atoms with Crippen LogP contribution in [0.4, 0.5) is 5.82 Å². The number of anilines is 1. The van der Waals surface area contributed by atoms with Gasteiger partial charge in [-0.3, -0.25) is 9.59 Å². The van der Waals surface area contributed by atoms with E-state index in [1.54, 1.807) is 0 Å². The Labute approximate surface area is 116 Å². The second-order valence-corrected chi connectivity index (χ2v) is 3.66. The molecule has 0 N–H and O–H groups in total. The van der Waals surface area contributed by atoms with Crippen LogP contribution in [0, 0.1) is 0 Å². The normalized spacial score (nSPS) is 9.75. The number of esters is 2.